The fourth-order valence-electron chi connectivity index (χ4n) is 5.15. The van der Waals surface area contributed by atoms with Crippen LogP contribution in [0.25, 0.3) is 0 Å². The van der Waals surface area contributed by atoms with E-state index in [2.05, 4.69) is 0 Å². The number of carbonyl (C=O) groups is 1. The van der Waals surface area contributed by atoms with Gasteiger partial charge in [0.2, 0.25) is 0 Å². The van der Waals surface area contributed by atoms with Crippen LogP contribution in [-0.4, -0.2) is 42.3 Å². The lowest BCUT2D eigenvalue weighted by Crippen LogP contribution is -2.56. The third-order valence-electron chi connectivity index (χ3n) is 6.65. The molecular weight excluding hydrogens is 385 g/mol. The Labute approximate surface area is 176 Å². The monoisotopic (exact) mass is 413 g/mol. The minimum Gasteiger partial charge on any atom is -0.493 e. The Hall–Kier alpha value is -2.60. The average Bonchev–Trinajstić information content (AvgIpc) is 2.77. The van der Waals surface area contributed by atoms with Gasteiger partial charge in [0, 0.05) is 18.0 Å². The summed E-state index contributed by atoms with van der Waals surface area (Å²) in [6.07, 6.45) is 4.11. The molecule has 1 heterocycles. The molecule has 0 spiro atoms. The molecule has 0 bridgehead atoms. The second-order valence-electron chi connectivity index (χ2n) is 8.27. The number of ether oxygens (including phenoxy) is 2. The van der Waals surface area contributed by atoms with Gasteiger partial charge in [-0.1, -0.05) is 25.0 Å². The molecule has 160 valence electrons. The Morgan fingerprint density at radius 1 is 1.10 bits per heavy atom. The number of likely N-dealkylation sites (tertiary alicyclic amines) is 1. The molecule has 3 atom stereocenters. The first-order chi connectivity index (χ1) is 14.5. The van der Waals surface area contributed by atoms with Gasteiger partial charge >= 0.3 is 0 Å². The quantitative estimate of drug-likeness (QED) is 0.810. The molecule has 6 heteroatoms. The zero-order valence-corrected chi connectivity index (χ0v) is 17.4. The molecule has 2 aromatic carbocycles. The van der Waals surface area contributed by atoms with Crippen LogP contribution in [0.1, 0.15) is 54.1 Å². The summed E-state index contributed by atoms with van der Waals surface area (Å²) in [4.78, 5) is 15.2. The summed E-state index contributed by atoms with van der Waals surface area (Å²) < 4.78 is 24.6. The lowest BCUT2D eigenvalue weighted by Gasteiger charge is -2.52. The van der Waals surface area contributed by atoms with Crippen LogP contribution in [0.3, 0.4) is 0 Å². The van der Waals surface area contributed by atoms with Gasteiger partial charge in [-0.2, -0.15) is 0 Å². The predicted molar refractivity (Wildman–Crippen MR) is 111 cm³/mol. The van der Waals surface area contributed by atoms with Gasteiger partial charge < -0.3 is 19.5 Å². The number of aliphatic hydroxyl groups is 1. The lowest BCUT2D eigenvalue weighted by atomic mass is 9.66. The van der Waals surface area contributed by atoms with Gasteiger partial charge in [-0.05, 0) is 55.2 Å². The van der Waals surface area contributed by atoms with Crippen LogP contribution < -0.4 is 9.47 Å². The fraction of sp³-hybridized carbons (Fsp3) is 0.458. The SMILES string of the molecule is COc1ccc([C@H]2[C@H]3CCCC[C@]3(O)CCN2C(=O)c2cccc(F)c2)cc1OC. The van der Waals surface area contributed by atoms with Crippen molar-refractivity contribution in [2.45, 2.75) is 43.7 Å². The van der Waals surface area contributed by atoms with E-state index >= 15 is 0 Å². The molecule has 2 aliphatic rings. The van der Waals surface area contributed by atoms with Gasteiger partial charge in [0.25, 0.3) is 5.91 Å². The van der Waals surface area contributed by atoms with Crippen LogP contribution in [0, 0.1) is 11.7 Å². The molecule has 4 rings (SSSR count). The molecule has 30 heavy (non-hydrogen) atoms. The van der Waals surface area contributed by atoms with Gasteiger partial charge in [-0.25, -0.2) is 4.39 Å². The Balaban J connectivity index is 1.78. The third-order valence-corrected chi connectivity index (χ3v) is 6.65. The van der Waals surface area contributed by atoms with Crippen LogP contribution >= 0.6 is 0 Å². The first-order valence-corrected chi connectivity index (χ1v) is 10.5. The van der Waals surface area contributed by atoms with E-state index in [1.165, 1.54) is 12.1 Å². The first kappa shape index (κ1) is 20.7. The van der Waals surface area contributed by atoms with E-state index in [1.807, 2.05) is 18.2 Å². The number of fused-ring (bicyclic) bond motifs is 1. The van der Waals surface area contributed by atoms with Crippen molar-refractivity contribution in [3.05, 3.63) is 59.4 Å². The van der Waals surface area contributed by atoms with Crippen molar-refractivity contribution >= 4 is 5.91 Å². The van der Waals surface area contributed by atoms with E-state index in [0.717, 1.165) is 31.2 Å². The maximum absolute atomic E-state index is 13.8. The summed E-state index contributed by atoms with van der Waals surface area (Å²) in [6, 6.07) is 11.1. The van der Waals surface area contributed by atoms with E-state index in [-0.39, 0.29) is 17.9 Å². The van der Waals surface area contributed by atoms with E-state index in [0.29, 0.717) is 30.0 Å². The standard InChI is InChI=1S/C24H28FNO4/c1-29-20-10-9-16(15-21(20)30-2)22-19-8-3-4-11-24(19,28)12-13-26(22)23(27)17-6-5-7-18(25)14-17/h5-7,9-10,14-15,19,22,28H,3-4,8,11-13H2,1-2H3/t19-,22+,24+/m1/s1. The molecule has 1 aliphatic carbocycles. The van der Waals surface area contributed by atoms with Crippen molar-refractivity contribution in [1.82, 2.24) is 4.90 Å². The zero-order valence-electron chi connectivity index (χ0n) is 17.4. The summed E-state index contributed by atoms with van der Waals surface area (Å²) in [5, 5.41) is 11.4. The maximum atomic E-state index is 13.8. The highest BCUT2D eigenvalue weighted by Gasteiger charge is 2.50. The van der Waals surface area contributed by atoms with Crippen molar-refractivity contribution in [3.8, 4) is 11.5 Å². The molecule has 1 aliphatic heterocycles. The molecule has 5 nitrogen and oxygen atoms in total. The number of carbonyl (C=O) groups excluding carboxylic acids is 1. The Bertz CT molecular complexity index is 933. The smallest absolute Gasteiger partial charge is 0.254 e. The van der Waals surface area contributed by atoms with Gasteiger partial charge in [-0.15, -0.1) is 0 Å². The Morgan fingerprint density at radius 2 is 1.90 bits per heavy atom. The topological polar surface area (TPSA) is 59.0 Å². The minimum atomic E-state index is -0.797. The number of hydrogen-bond donors (Lipinski definition) is 1. The average molecular weight is 413 g/mol. The van der Waals surface area contributed by atoms with E-state index < -0.39 is 11.4 Å². The van der Waals surface area contributed by atoms with Gasteiger partial charge in [0.1, 0.15) is 5.82 Å². The van der Waals surface area contributed by atoms with E-state index in [1.54, 1.807) is 31.3 Å². The number of halogens is 1. The van der Waals surface area contributed by atoms with Crippen LogP contribution in [0.2, 0.25) is 0 Å². The number of benzene rings is 2. The summed E-state index contributed by atoms with van der Waals surface area (Å²) >= 11 is 0. The number of rotatable bonds is 4. The zero-order chi connectivity index (χ0) is 21.3. The van der Waals surface area contributed by atoms with E-state index in [4.69, 9.17) is 9.47 Å². The summed E-state index contributed by atoms with van der Waals surface area (Å²) in [5.41, 5.74) is 0.415. The highest BCUT2D eigenvalue weighted by atomic mass is 19.1. The van der Waals surface area contributed by atoms with Gasteiger partial charge in [0.15, 0.2) is 11.5 Å². The molecule has 1 amide bonds. The summed E-state index contributed by atoms with van der Waals surface area (Å²) in [6.45, 7) is 0.418. The summed E-state index contributed by atoms with van der Waals surface area (Å²) in [7, 11) is 3.16. The second-order valence-corrected chi connectivity index (χ2v) is 8.27. The Kier molecular flexibility index (Phi) is 5.69. The molecule has 2 fully saturated rings. The van der Waals surface area contributed by atoms with Crippen molar-refractivity contribution in [3.63, 3.8) is 0 Å². The van der Waals surface area contributed by atoms with Crippen molar-refractivity contribution in [2.75, 3.05) is 20.8 Å². The van der Waals surface area contributed by atoms with Crippen LogP contribution in [0.4, 0.5) is 4.39 Å². The largest absolute Gasteiger partial charge is 0.493 e. The summed E-state index contributed by atoms with van der Waals surface area (Å²) in [5.74, 6) is 0.448. The van der Waals surface area contributed by atoms with Crippen LogP contribution in [-0.2, 0) is 0 Å². The number of methoxy groups -OCH3 is 2. The van der Waals surface area contributed by atoms with Gasteiger partial charge in [-0.3, -0.25) is 4.79 Å². The van der Waals surface area contributed by atoms with Crippen LogP contribution in [0.5, 0.6) is 11.5 Å². The minimum absolute atomic E-state index is 0.0874. The van der Waals surface area contributed by atoms with E-state index in [9.17, 15) is 14.3 Å². The maximum Gasteiger partial charge on any atom is 0.254 e. The van der Waals surface area contributed by atoms with Crippen molar-refractivity contribution < 1.29 is 23.8 Å². The molecule has 1 N–H and O–H groups in total. The molecule has 0 aromatic heterocycles. The molecule has 1 saturated carbocycles. The molecule has 0 unspecified atom stereocenters. The van der Waals surface area contributed by atoms with Crippen LogP contribution in [0.15, 0.2) is 42.5 Å². The Morgan fingerprint density at radius 3 is 2.63 bits per heavy atom. The second kappa shape index (κ2) is 8.26. The fourth-order valence-corrected chi connectivity index (χ4v) is 5.15. The number of hydrogen-bond acceptors (Lipinski definition) is 4. The lowest BCUT2D eigenvalue weighted by molar-refractivity contribution is -0.115. The predicted octanol–water partition coefficient (Wildman–Crippen LogP) is 4.35. The number of nitrogens with zero attached hydrogens (tertiary/aromatic N) is 1. The van der Waals surface area contributed by atoms with Crippen molar-refractivity contribution in [2.24, 2.45) is 5.92 Å². The van der Waals surface area contributed by atoms with Gasteiger partial charge in [0.05, 0.1) is 25.9 Å². The highest BCUT2D eigenvalue weighted by molar-refractivity contribution is 5.94. The highest BCUT2D eigenvalue weighted by Crippen LogP contribution is 2.50. The molecule has 2 aromatic rings. The molecule has 1 saturated heterocycles. The number of piperidine rings is 1. The third kappa shape index (κ3) is 3.65. The number of amides is 1. The normalized spacial score (nSPS) is 26.1. The van der Waals surface area contributed by atoms with Crippen molar-refractivity contribution in [1.29, 1.82) is 0 Å². The first-order valence-electron chi connectivity index (χ1n) is 10.5. The molecule has 0 radical (unpaired) electrons. The molecular formula is C24H28FNO4.